The second-order valence-electron chi connectivity index (χ2n) is 6.27. The number of nitrogens with one attached hydrogen (secondary N) is 1. The minimum Gasteiger partial charge on any atom is -0.266 e. The van der Waals surface area contributed by atoms with E-state index in [1.54, 1.807) is 16.8 Å². The monoisotopic (exact) mass is 468 g/mol. The zero-order chi connectivity index (χ0) is 20.1. The first-order valence-corrected chi connectivity index (χ1v) is 10.6. The van der Waals surface area contributed by atoms with E-state index < -0.39 is 0 Å². The molecular formula is C18H13BrN8OS. The van der Waals surface area contributed by atoms with Crippen LogP contribution in [0.3, 0.4) is 0 Å². The molecule has 144 valence electrons. The number of benzene rings is 1. The fraction of sp³-hybridized carbons (Fsp3) is 0.111. The maximum atomic E-state index is 13.0. The first-order valence-electron chi connectivity index (χ1n) is 8.57. The number of H-pyrrole nitrogens is 1. The maximum absolute atomic E-state index is 13.0. The highest BCUT2D eigenvalue weighted by atomic mass is 79.9. The Bertz CT molecular complexity index is 1440. The second-order valence-corrected chi connectivity index (χ2v) is 7.96. The van der Waals surface area contributed by atoms with Crippen LogP contribution in [-0.2, 0) is 0 Å². The van der Waals surface area contributed by atoms with Crippen molar-refractivity contribution in [1.82, 2.24) is 39.6 Å². The quantitative estimate of drug-likeness (QED) is 0.405. The van der Waals surface area contributed by atoms with Crippen molar-refractivity contribution in [2.75, 3.05) is 6.26 Å². The number of hydrogen-bond acceptors (Lipinski definition) is 7. The molecule has 0 bridgehead atoms. The van der Waals surface area contributed by atoms with Gasteiger partial charge < -0.3 is 0 Å². The van der Waals surface area contributed by atoms with Gasteiger partial charge in [-0.2, -0.15) is 10.1 Å². The van der Waals surface area contributed by atoms with Crippen molar-refractivity contribution in [2.24, 2.45) is 0 Å². The van der Waals surface area contributed by atoms with Gasteiger partial charge in [0, 0.05) is 10.7 Å². The summed E-state index contributed by atoms with van der Waals surface area (Å²) in [5, 5.41) is 20.5. The average molecular weight is 469 g/mol. The van der Waals surface area contributed by atoms with Gasteiger partial charge in [0.15, 0.2) is 11.2 Å². The molecule has 0 radical (unpaired) electrons. The number of aromatic amines is 1. The van der Waals surface area contributed by atoms with Gasteiger partial charge in [-0.05, 0) is 36.9 Å². The fourth-order valence-corrected chi connectivity index (χ4v) is 3.79. The van der Waals surface area contributed by atoms with Crippen molar-refractivity contribution in [2.45, 2.75) is 12.1 Å². The van der Waals surface area contributed by atoms with E-state index in [1.165, 1.54) is 16.3 Å². The van der Waals surface area contributed by atoms with Crippen LogP contribution in [0.15, 0.2) is 51.0 Å². The van der Waals surface area contributed by atoms with Crippen molar-refractivity contribution in [3.63, 3.8) is 0 Å². The normalized spacial score (nSPS) is 11.6. The highest BCUT2D eigenvalue weighted by Crippen LogP contribution is 2.29. The van der Waals surface area contributed by atoms with Gasteiger partial charge in [-0.3, -0.25) is 9.36 Å². The summed E-state index contributed by atoms with van der Waals surface area (Å²) in [6, 6.07) is 9.69. The first kappa shape index (κ1) is 18.0. The van der Waals surface area contributed by atoms with Crippen molar-refractivity contribution >= 4 is 44.4 Å². The van der Waals surface area contributed by atoms with Crippen LogP contribution in [0.2, 0.25) is 0 Å². The van der Waals surface area contributed by atoms with Crippen LogP contribution in [0.4, 0.5) is 0 Å². The molecule has 0 saturated carbocycles. The average Bonchev–Trinajstić information content (AvgIpc) is 3.33. The van der Waals surface area contributed by atoms with E-state index in [4.69, 9.17) is 0 Å². The number of thioether (sulfide) groups is 1. The Hall–Kier alpha value is -3.05. The predicted octanol–water partition coefficient (Wildman–Crippen LogP) is 3.01. The van der Waals surface area contributed by atoms with E-state index in [0.29, 0.717) is 22.3 Å². The van der Waals surface area contributed by atoms with Crippen LogP contribution in [0.5, 0.6) is 0 Å². The lowest BCUT2D eigenvalue weighted by Gasteiger charge is -2.04. The van der Waals surface area contributed by atoms with E-state index in [1.807, 2.05) is 37.4 Å². The third kappa shape index (κ3) is 2.85. The van der Waals surface area contributed by atoms with Crippen LogP contribution in [0.1, 0.15) is 5.69 Å². The summed E-state index contributed by atoms with van der Waals surface area (Å²) in [7, 11) is 0. The molecule has 29 heavy (non-hydrogen) atoms. The number of halogens is 1. The highest BCUT2D eigenvalue weighted by molar-refractivity contribution is 9.10. The smallest absolute Gasteiger partial charge is 0.266 e. The molecule has 4 heterocycles. The van der Waals surface area contributed by atoms with Gasteiger partial charge >= 0.3 is 0 Å². The van der Waals surface area contributed by atoms with Crippen LogP contribution < -0.4 is 5.56 Å². The van der Waals surface area contributed by atoms with Crippen molar-refractivity contribution in [3.05, 3.63) is 57.0 Å². The number of hydrogen-bond donors (Lipinski definition) is 1. The molecule has 0 fully saturated rings. The third-order valence-corrected chi connectivity index (χ3v) is 5.63. The molecule has 0 saturated heterocycles. The Morgan fingerprint density at radius 2 is 1.93 bits per heavy atom. The van der Waals surface area contributed by atoms with Gasteiger partial charge in [0.2, 0.25) is 11.1 Å². The Morgan fingerprint density at radius 3 is 2.66 bits per heavy atom. The summed E-state index contributed by atoms with van der Waals surface area (Å²) >= 11 is 4.84. The minimum atomic E-state index is -0.348. The summed E-state index contributed by atoms with van der Waals surface area (Å²) in [6.07, 6.45) is 3.49. The zero-order valence-electron chi connectivity index (χ0n) is 15.3. The highest BCUT2D eigenvalue weighted by Gasteiger charge is 2.18. The predicted molar refractivity (Wildman–Crippen MR) is 113 cm³/mol. The molecule has 1 N–H and O–H groups in total. The van der Waals surface area contributed by atoms with Crippen LogP contribution in [0, 0.1) is 6.92 Å². The topological polar surface area (TPSA) is 107 Å². The lowest BCUT2D eigenvalue weighted by Crippen LogP contribution is -2.21. The molecule has 9 nitrogen and oxygen atoms in total. The number of pyridine rings is 1. The number of nitrogens with zero attached hydrogens (tertiary/aromatic N) is 7. The summed E-state index contributed by atoms with van der Waals surface area (Å²) in [5.41, 5.74) is 3.69. The van der Waals surface area contributed by atoms with Gasteiger partial charge in [-0.1, -0.05) is 39.8 Å². The Morgan fingerprint density at radius 1 is 1.14 bits per heavy atom. The summed E-state index contributed by atoms with van der Waals surface area (Å²) in [5.74, 6) is 0.329. The van der Waals surface area contributed by atoms with E-state index in [-0.39, 0.29) is 11.1 Å². The van der Waals surface area contributed by atoms with Gasteiger partial charge in [0.05, 0.1) is 11.3 Å². The van der Waals surface area contributed by atoms with Gasteiger partial charge in [-0.25, -0.2) is 9.61 Å². The summed E-state index contributed by atoms with van der Waals surface area (Å²) in [4.78, 5) is 17.3. The molecule has 0 aliphatic heterocycles. The van der Waals surface area contributed by atoms with Crippen molar-refractivity contribution in [1.29, 1.82) is 0 Å². The molecular weight excluding hydrogens is 456 g/mol. The fourth-order valence-electron chi connectivity index (χ4n) is 3.21. The largest absolute Gasteiger partial charge is 0.287 e. The van der Waals surface area contributed by atoms with Gasteiger partial charge in [-0.15, -0.1) is 15.3 Å². The van der Waals surface area contributed by atoms with E-state index in [0.717, 1.165) is 21.3 Å². The Labute approximate surface area is 176 Å². The molecule has 5 rings (SSSR count). The van der Waals surface area contributed by atoms with Crippen molar-refractivity contribution in [3.8, 4) is 17.1 Å². The van der Waals surface area contributed by atoms with Crippen LogP contribution in [-0.4, -0.2) is 45.8 Å². The zero-order valence-corrected chi connectivity index (χ0v) is 17.7. The molecule has 5 aromatic rings. The SMILES string of the molecule is CSc1n[nH]c(-n2ccc3c(nnc4c(-c5ccc(Br)cc5)c(C)nn43)c2=O)n1. The summed E-state index contributed by atoms with van der Waals surface area (Å²) in [6.45, 7) is 1.91. The number of rotatable bonds is 3. The van der Waals surface area contributed by atoms with E-state index in [9.17, 15) is 4.79 Å². The van der Waals surface area contributed by atoms with Crippen LogP contribution in [0.25, 0.3) is 33.8 Å². The van der Waals surface area contributed by atoms with Gasteiger partial charge in [0.1, 0.15) is 5.52 Å². The molecule has 1 aromatic carbocycles. The molecule has 0 aliphatic carbocycles. The lowest BCUT2D eigenvalue weighted by atomic mass is 10.1. The van der Waals surface area contributed by atoms with Crippen molar-refractivity contribution < 1.29 is 0 Å². The Balaban J connectivity index is 1.74. The maximum Gasteiger partial charge on any atom is 0.287 e. The summed E-state index contributed by atoms with van der Waals surface area (Å²) < 4.78 is 4.01. The molecule has 11 heteroatoms. The second kappa shape index (κ2) is 6.78. The molecule has 4 aromatic heterocycles. The first-order chi connectivity index (χ1) is 14.1. The molecule has 0 unspecified atom stereocenters. The number of aryl methyl sites for hydroxylation is 1. The third-order valence-electron chi connectivity index (χ3n) is 4.55. The van der Waals surface area contributed by atoms with E-state index >= 15 is 0 Å². The molecule has 0 spiro atoms. The molecule has 0 aliphatic rings. The van der Waals surface area contributed by atoms with E-state index in [2.05, 4.69) is 46.4 Å². The standard InChI is InChI=1S/C18H13BrN8OS/c1-9-13(10-3-5-11(19)6-4-10)15-22-21-14-12(27(15)25-9)7-8-26(16(14)28)17-20-18(29-2)24-23-17/h3-8H,1-2H3,(H,20,23,24). The molecule has 0 amide bonds. The minimum absolute atomic E-state index is 0.201. The Kier molecular flexibility index (Phi) is 4.21. The molecule has 0 atom stereocenters. The number of aromatic nitrogens is 8. The number of fused-ring (bicyclic) bond motifs is 3. The lowest BCUT2D eigenvalue weighted by molar-refractivity contribution is 0.874. The van der Waals surface area contributed by atoms with Crippen LogP contribution >= 0.6 is 27.7 Å². The van der Waals surface area contributed by atoms with Gasteiger partial charge in [0.25, 0.3) is 5.56 Å².